The van der Waals surface area contributed by atoms with Gasteiger partial charge in [0.15, 0.2) is 6.61 Å². The molecule has 3 rings (SSSR count). The molecule has 2 N–H and O–H groups in total. The largest absolute Gasteiger partial charge is 0.451 e. The van der Waals surface area contributed by atoms with Gasteiger partial charge in [-0.15, -0.1) is 11.3 Å². The lowest BCUT2D eigenvalue weighted by atomic mass is 9.90. The monoisotopic (exact) mass is 364 g/mol. The third-order valence-corrected chi connectivity index (χ3v) is 6.23. The molecule has 1 fully saturated rings. The first-order valence-corrected chi connectivity index (χ1v) is 9.65. The molecule has 136 valence electrons. The first kappa shape index (κ1) is 17.9. The Morgan fingerprint density at radius 1 is 1.32 bits per heavy atom. The number of primary amides is 1. The molecule has 6 nitrogen and oxygen atoms in total. The molecule has 0 unspecified atom stereocenters. The molecule has 1 aromatic rings. The van der Waals surface area contributed by atoms with E-state index in [9.17, 15) is 14.4 Å². The maximum absolute atomic E-state index is 12.3. The average Bonchev–Trinajstić information content (AvgIpc) is 3.02. The van der Waals surface area contributed by atoms with Gasteiger partial charge in [-0.3, -0.25) is 9.59 Å². The highest BCUT2D eigenvalue weighted by molar-refractivity contribution is 7.14. The van der Waals surface area contributed by atoms with Gasteiger partial charge >= 0.3 is 5.97 Å². The molecular weight excluding hydrogens is 340 g/mol. The molecule has 7 heteroatoms. The lowest BCUT2D eigenvalue weighted by Crippen LogP contribution is -2.51. The van der Waals surface area contributed by atoms with Crippen molar-refractivity contribution in [2.24, 2.45) is 11.7 Å². The van der Waals surface area contributed by atoms with Crippen LogP contribution in [-0.2, 0) is 27.2 Å². The van der Waals surface area contributed by atoms with E-state index < -0.39 is 17.9 Å². The van der Waals surface area contributed by atoms with Crippen molar-refractivity contribution in [3.05, 3.63) is 21.4 Å². The van der Waals surface area contributed by atoms with Gasteiger partial charge < -0.3 is 15.4 Å². The number of fused-ring (bicyclic) bond motifs is 1. The van der Waals surface area contributed by atoms with Gasteiger partial charge in [-0.05, 0) is 56.1 Å². The quantitative estimate of drug-likeness (QED) is 0.826. The highest BCUT2D eigenvalue weighted by Gasteiger charge is 2.31. The Labute approximate surface area is 151 Å². The number of esters is 1. The second-order valence-corrected chi connectivity index (χ2v) is 8.12. The van der Waals surface area contributed by atoms with E-state index in [1.807, 2.05) is 6.07 Å². The summed E-state index contributed by atoms with van der Waals surface area (Å²) in [5.74, 6) is -0.684. The average molecular weight is 364 g/mol. The number of aryl methyl sites for hydroxylation is 1. The standard InChI is InChI=1S/C18H24N2O4S/c1-11-5-6-14-12(8-11)9-15(25-14)18(23)24-10-16(21)20-7-3-2-4-13(20)17(19)22/h9,11,13H,2-8,10H2,1H3,(H2,19,22)/t11-,13-/m0/s1. The molecule has 0 saturated carbocycles. The van der Waals surface area contributed by atoms with E-state index in [-0.39, 0.29) is 12.5 Å². The predicted molar refractivity (Wildman–Crippen MR) is 94.3 cm³/mol. The van der Waals surface area contributed by atoms with Gasteiger partial charge in [-0.2, -0.15) is 0 Å². The number of likely N-dealkylation sites (tertiary alicyclic amines) is 1. The second kappa shape index (κ2) is 7.56. The lowest BCUT2D eigenvalue weighted by molar-refractivity contribution is -0.143. The van der Waals surface area contributed by atoms with Gasteiger partial charge in [0.2, 0.25) is 5.91 Å². The summed E-state index contributed by atoms with van der Waals surface area (Å²) in [4.78, 5) is 39.3. The van der Waals surface area contributed by atoms with Crippen LogP contribution in [0.5, 0.6) is 0 Å². The predicted octanol–water partition coefficient (Wildman–Crippen LogP) is 1.90. The number of amides is 2. The molecule has 0 aromatic carbocycles. The van der Waals surface area contributed by atoms with E-state index in [1.165, 1.54) is 26.7 Å². The Balaban J connectivity index is 1.58. The zero-order valence-corrected chi connectivity index (χ0v) is 15.3. The number of carbonyl (C=O) groups excluding carboxylic acids is 3. The molecule has 1 aromatic heterocycles. The number of hydrogen-bond acceptors (Lipinski definition) is 5. The molecule has 2 aliphatic rings. The van der Waals surface area contributed by atoms with Crippen molar-refractivity contribution in [1.29, 1.82) is 0 Å². The van der Waals surface area contributed by atoms with Gasteiger partial charge in [0, 0.05) is 11.4 Å². The summed E-state index contributed by atoms with van der Waals surface area (Å²) in [6, 6.07) is 1.31. The van der Waals surface area contributed by atoms with Crippen molar-refractivity contribution in [3.8, 4) is 0 Å². The fourth-order valence-electron chi connectivity index (χ4n) is 3.61. The molecule has 0 radical (unpaired) electrons. The fourth-order valence-corrected chi connectivity index (χ4v) is 4.72. The van der Waals surface area contributed by atoms with Crippen LogP contribution >= 0.6 is 11.3 Å². The molecule has 0 spiro atoms. The second-order valence-electron chi connectivity index (χ2n) is 6.98. The summed E-state index contributed by atoms with van der Waals surface area (Å²) >= 11 is 1.46. The van der Waals surface area contributed by atoms with Crippen molar-refractivity contribution in [2.75, 3.05) is 13.2 Å². The summed E-state index contributed by atoms with van der Waals surface area (Å²) < 4.78 is 5.20. The van der Waals surface area contributed by atoms with Crippen LogP contribution in [-0.4, -0.2) is 41.9 Å². The molecule has 25 heavy (non-hydrogen) atoms. The van der Waals surface area contributed by atoms with Crippen LogP contribution in [0.2, 0.25) is 0 Å². The van der Waals surface area contributed by atoms with Crippen LogP contribution in [0.3, 0.4) is 0 Å². The van der Waals surface area contributed by atoms with E-state index in [1.54, 1.807) is 0 Å². The van der Waals surface area contributed by atoms with E-state index in [0.717, 1.165) is 32.1 Å². The zero-order valence-electron chi connectivity index (χ0n) is 14.5. The third-order valence-electron chi connectivity index (χ3n) is 5.01. The number of thiophene rings is 1. The highest BCUT2D eigenvalue weighted by atomic mass is 32.1. The van der Waals surface area contributed by atoms with Crippen LogP contribution in [0.15, 0.2) is 6.07 Å². The summed E-state index contributed by atoms with van der Waals surface area (Å²) in [6.45, 7) is 2.35. The van der Waals surface area contributed by atoms with Crippen LogP contribution in [0.25, 0.3) is 0 Å². The first-order chi connectivity index (χ1) is 12.0. The van der Waals surface area contributed by atoms with Crippen molar-refractivity contribution < 1.29 is 19.1 Å². The zero-order chi connectivity index (χ0) is 18.0. The van der Waals surface area contributed by atoms with E-state index in [0.29, 0.717) is 23.8 Å². The van der Waals surface area contributed by atoms with Crippen molar-refractivity contribution >= 4 is 29.1 Å². The Kier molecular flexibility index (Phi) is 5.42. The topological polar surface area (TPSA) is 89.7 Å². The number of nitrogens with zero attached hydrogens (tertiary/aromatic N) is 1. The molecule has 1 saturated heterocycles. The van der Waals surface area contributed by atoms with Crippen LogP contribution in [0.1, 0.15) is 52.7 Å². The van der Waals surface area contributed by atoms with Gasteiger partial charge in [-0.25, -0.2) is 4.79 Å². The van der Waals surface area contributed by atoms with Crippen molar-refractivity contribution in [2.45, 2.75) is 51.5 Å². The minimum Gasteiger partial charge on any atom is -0.451 e. The van der Waals surface area contributed by atoms with Gasteiger partial charge in [0.05, 0.1) is 0 Å². The molecule has 0 bridgehead atoms. The van der Waals surface area contributed by atoms with Gasteiger partial charge in [0.1, 0.15) is 10.9 Å². The van der Waals surface area contributed by atoms with Crippen molar-refractivity contribution in [3.63, 3.8) is 0 Å². The number of carbonyl (C=O) groups is 3. The normalized spacial score (nSPS) is 23.0. The highest BCUT2D eigenvalue weighted by Crippen LogP contribution is 2.32. The number of nitrogens with two attached hydrogens (primary N) is 1. The van der Waals surface area contributed by atoms with E-state index in [4.69, 9.17) is 10.5 Å². The Bertz CT molecular complexity index is 685. The van der Waals surface area contributed by atoms with Gasteiger partial charge in [-0.1, -0.05) is 6.92 Å². The number of hydrogen-bond donors (Lipinski definition) is 1. The van der Waals surface area contributed by atoms with Crippen molar-refractivity contribution in [1.82, 2.24) is 4.90 Å². The summed E-state index contributed by atoms with van der Waals surface area (Å²) in [6.07, 6.45) is 5.41. The SMILES string of the molecule is C[C@H]1CCc2sc(C(=O)OCC(=O)N3CCCC[C@H]3C(N)=O)cc2C1. The lowest BCUT2D eigenvalue weighted by Gasteiger charge is -2.33. The molecular formula is C18H24N2O4S. The van der Waals surface area contributed by atoms with Crippen LogP contribution < -0.4 is 5.73 Å². The number of piperidine rings is 1. The van der Waals surface area contributed by atoms with Gasteiger partial charge in [0.25, 0.3) is 5.91 Å². The number of rotatable bonds is 4. The van der Waals surface area contributed by atoms with E-state index >= 15 is 0 Å². The Morgan fingerprint density at radius 3 is 2.88 bits per heavy atom. The van der Waals surface area contributed by atoms with E-state index in [2.05, 4.69) is 6.92 Å². The summed E-state index contributed by atoms with van der Waals surface area (Å²) in [5, 5.41) is 0. The third kappa shape index (κ3) is 4.03. The Morgan fingerprint density at radius 2 is 2.12 bits per heavy atom. The summed E-state index contributed by atoms with van der Waals surface area (Å²) in [5.41, 5.74) is 6.60. The minimum atomic E-state index is -0.588. The maximum atomic E-state index is 12.3. The number of ether oxygens (including phenoxy) is 1. The molecule has 1 aliphatic heterocycles. The first-order valence-electron chi connectivity index (χ1n) is 8.83. The van der Waals surface area contributed by atoms with Crippen LogP contribution in [0, 0.1) is 5.92 Å². The summed E-state index contributed by atoms with van der Waals surface area (Å²) in [7, 11) is 0. The smallest absolute Gasteiger partial charge is 0.348 e. The molecule has 1 aliphatic carbocycles. The molecule has 2 amide bonds. The Hall–Kier alpha value is -1.89. The minimum absolute atomic E-state index is 0.346. The molecule has 2 heterocycles. The maximum Gasteiger partial charge on any atom is 0.348 e. The van der Waals surface area contributed by atoms with Crippen LogP contribution in [0.4, 0.5) is 0 Å². The fraction of sp³-hybridized carbons (Fsp3) is 0.611. The molecule has 2 atom stereocenters.